The second-order valence-electron chi connectivity index (χ2n) is 4.35. The number of nitrogens with one attached hydrogen (secondary N) is 1. The summed E-state index contributed by atoms with van der Waals surface area (Å²) in [7, 11) is -3.80. The molecule has 1 aromatic rings. The van der Waals surface area contributed by atoms with Crippen LogP contribution in [0.2, 0.25) is 5.02 Å². The second kappa shape index (κ2) is 7.98. The highest BCUT2D eigenvalue weighted by molar-refractivity contribution is 7.89. The third-order valence-electron chi connectivity index (χ3n) is 2.71. The van der Waals surface area contributed by atoms with Crippen LogP contribution in [0.15, 0.2) is 23.1 Å². The van der Waals surface area contributed by atoms with Crippen molar-refractivity contribution >= 4 is 27.6 Å². The van der Waals surface area contributed by atoms with Crippen LogP contribution in [0.4, 0.5) is 0 Å². The monoisotopic (exact) mass is 330 g/mol. The van der Waals surface area contributed by atoms with E-state index in [0.717, 1.165) is 0 Å². The molecule has 0 aromatic heterocycles. The average Bonchev–Trinajstić information content (AvgIpc) is 2.42. The Morgan fingerprint density at radius 2 is 2.05 bits per heavy atom. The largest absolute Gasteiger partial charge is 0.481 e. The first kappa shape index (κ1) is 17.4. The van der Waals surface area contributed by atoms with Gasteiger partial charge in [0.1, 0.15) is 11.0 Å². The number of rotatable bonds is 8. The Labute approximate surface area is 128 Å². The third-order valence-corrected chi connectivity index (χ3v) is 4.45. The highest BCUT2D eigenvalue weighted by atomic mass is 35.5. The average molecular weight is 331 g/mol. The number of nitriles is 1. The molecular formula is C13H15ClN2O4S. The zero-order chi connectivity index (χ0) is 15.9. The van der Waals surface area contributed by atoms with Crippen molar-refractivity contribution in [3.63, 3.8) is 0 Å². The topological polar surface area (TPSA) is 107 Å². The highest BCUT2D eigenvalue weighted by Gasteiger charge is 2.18. The van der Waals surface area contributed by atoms with Crippen LogP contribution in [0.1, 0.15) is 31.2 Å². The van der Waals surface area contributed by atoms with Gasteiger partial charge in [0.05, 0.1) is 5.56 Å². The van der Waals surface area contributed by atoms with E-state index in [2.05, 4.69) is 4.72 Å². The number of aliphatic carboxylic acids is 1. The molecule has 6 nitrogen and oxygen atoms in total. The normalized spacial score (nSPS) is 11.0. The molecule has 1 rings (SSSR count). The molecule has 0 amide bonds. The fraction of sp³-hybridized carbons (Fsp3) is 0.385. The van der Waals surface area contributed by atoms with Crippen molar-refractivity contribution in [2.75, 3.05) is 6.54 Å². The number of sulfonamides is 1. The van der Waals surface area contributed by atoms with E-state index in [4.69, 9.17) is 22.0 Å². The molecule has 0 aliphatic heterocycles. The van der Waals surface area contributed by atoms with Crippen molar-refractivity contribution in [1.82, 2.24) is 4.72 Å². The van der Waals surface area contributed by atoms with Crippen LogP contribution in [0.25, 0.3) is 0 Å². The Kier molecular flexibility index (Phi) is 6.62. The van der Waals surface area contributed by atoms with Crippen molar-refractivity contribution in [2.45, 2.75) is 30.6 Å². The van der Waals surface area contributed by atoms with Gasteiger partial charge in [0.15, 0.2) is 0 Å². The van der Waals surface area contributed by atoms with Gasteiger partial charge in [-0.3, -0.25) is 4.79 Å². The number of carboxylic acids is 1. The molecule has 0 saturated carbocycles. The molecule has 8 heteroatoms. The molecule has 2 N–H and O–H groups in total. The van der Waals surface area contributed by atoms with Gasteiger partial charge in [-0.05, 0) is 31.0 Å². The zero-order valence-corrected chi connectivity index (χ0v) is 12.7. The Morgan fingerprint density at radius 1 is 1.33 bits per heavy atom. The molecular weight excluding hydrogens is 316 g/mol. The van der Waals surface area contributed by atoms with Gasteiger partial charge < -0.3 is 5.11 Å². The number of unbranched alkanes of at least 4 members (excludes halogenated alkanes) is 2. The van der Waals surface area contributed by atoms with Crippen molar-refractivity contribution < 1.29 is 18.3 Å². The summed E-state index contributed by atoms with van der Waals surface area (Å²) < 4.78 is 26.6. The van der Waals surface area contributed by atoms with Gasteiger partial charge in [0, 0.05) is 18.0 Å². The summed E-state index contributed by atoms with van der Waals surface area (Å²) in [6, 6.07) is 5.84. The van der Waals surface area contributed by atoms with Crippen LogP contribution >= 0.6 is 11.6 Å². The quantitative estimate of drug-likeness (QED) is 0.710. The van der Waals surface area contributed by atoms with Gasteiger partial charge >= 0.3 is 5.97 Å². The second-order valence-corrected chi connectivity index (χ2v) is 6.53. The lowest BCUT2D eigenvalue weighted by Gasteiger charge is -2.08. The van der Waals surface area contributed by atoms with Gasteiger partial charge in [0.2, 0.25) is 10.0 Å². The van der Waals surface area contributed by atoms with Gasteiger partial charge in [-0.1, -0.05) is 18.0 Å². The fourth-order valence-electron chi connectivity index (χ4n) is 1.67. The number of carboxylic acid groups (broad SMARTS) is 1. The molecule has 0 spiro atoms. The van der Waals surface area contributed by atoms with Crippen LogP contribution in [-0.2, 0) is 14.8 Å². The van der Waals surface area contributed by atoms with E-state index in [1.165, 1.54) is 18.2 Å². The number of halogens is 1. The number of hydrogen-bond donors (Lipinski definition) is 2. The Morgan fingerprint density at radius 3 is 2.67 bits per heavy atom. The first-order chi connectivity index (χ1) is 9.86. The molecule has 0 unspecified atom stereocenters. The van der Waals surface area contributed by atoms with E-state index >= 15 is 0 Å². The first-order valence-corrected chi connectivity index (χ1v) is 8.14. The summed E-state index contributed by atoms with van der Waals surface area (Å²) in [6.45, 7) is 0.180. The molecule has 0 heterocycles. The number of hydrogen-bond acceptors (Lipinski definition) is 4. The molecule has 0 saturated heterocycles. The zero-order valence-electron chi connectivity index (χ0n) is 11.2. The summed E-state index contributed by atoms with van der Waals surface area (Å²) in [5.74, 6) is -0.867. The third kappa shape index (κ3) is 5.71. The number of benzene rings is 1. The van der Waals surface area contributed by atoms with Crippen LogP contribution in [0.3, 0.4) is 0 Å². The number of nitrogens with zero attached hydrogens (tertiary/aromatic N) is 1. The highest BCUT2D eigenvalue weighted by Crippen LogP contribution is 2.20. The molecule has 0 radical (unpaired) electrons. The minimum atomic E-state index is -3.80. The molecule has 114 valence electrons. The van der Waals surface area contributed by atoms with Crippen LogP contribution < -0.4 is 4.72 Å². The summed E-state index contributed by atoms with van der Waals surface area (Å²) >= 11 is 5.75. The number of carbonyl (C=O) groups is 1. The SMILES string of the molecule is N#Cc1ccc(Cl)cc1S(=O)(=O)NCCCCCC(=O)O. The predicted octanol–water partition coefficient (Wildman–Crippen LogP) is 2.13. The molecule has 0 atom stereocenters. The van der Waals surface area contributed by atoms with E-state index in [0.29, 0.717) is 19.3 Å². The molecule has 0 aliphatic carbocycles. The van der Waals surface area contributed by atoms with Crippen LogP contribution in [0.5, 0.6) is 0 Å². The Hall–Kier alpha value is -1.62. The first-order valence-electron chi connectivity index (χ1n) is 6.28. The Bertz CT molecular complexity index is 653. The maximum Gasteiger partial charge on any atom is 0.303 e. The van der Waals surface area contributed by atoms with E-state index in [1.807, 2.05) is 6.07 Å². The van der Waals surface area contributed by atoms with E-state index in [-0.39, 0.29) is 28.4 Å². The van der Waals surface area contributed by atoms with Crippen LogP contribution in [-0.4, -0.2) is 26.0 Å². The summed E-state index contributed by atoms with van der Waals surface area (Å²) in [4.78, 5) is 10.2. The summed E-state index contributed by atoms with van der Waals surface area (Å²) in [6.07, 6.45) is 1.70. The van der Waals surface area contributed by atoms with Crippen molar-refractivity contribution in [2.24, 2.45) is 0 Å². The molecule has 0 fully saturated rings. The van der Waals surface area contributed by atoms with Gasteiger partial charge in [-0.15, -0.1) is 0 Å². The van der Waals surface area contributed by atoms with E-state index in [1.54, 1.807) is 0 Å². The Balaban J connectivity index is 2.60. The summed E-state index contributed by atoms with van der Waals surface area (Å²) in [5, 5.41) is 17.6. The van der Waals surface area contributed by atoms with Crippen molar-refractivity contribution in [3.05, 3.63) is 28.8 Å². The van der Waals surface area contributed by atoms with Crippen molar-refractivity contribution in [3.8, 4) is 6.07 Å². The fourth-order valence-corrected chi connectivity index (χ4v) is 3.16. The van der Waals surface area contributed by atoms with E-state index < -0.39 is 16.0 Å². The minimum absolute atomic E-state index is 0.0257. The molecule has 21 heavy (non-hydrogen) atoms. The van der Waals surface area contributed by atoms with Gasteiger partial charge in [-0.25, -0.2) is 13.1 Å². The smallest absolute Gasteiger partial charge is 0.303 e. The standard InChI is InChI=1S/C13H15ClN2O4S/c14-11-6-5-10(9-15)12(8-11)21(19,20)16-7-3-1-2-4-13(17)18/h5-6,8,16H,1-4,7H2,(H,17,18). The molecule has 1 aromatic carbocycles. The molecule has 0 bridgehead atoms. The van der Waals surface area contributed by atoms with Crippen molar-refractivity contribution in [1.29, 1.82) is 5.26 Å². The lowest BCUT2D eigenvalue weighted by atomic mass is 10.2. The van der Waals surface area contributed by atoms with Gasteiger partial charge in [-0.2, -0.15) is 5.26 Å². The maximum absolute atomic E-state index is 12.1. The maximum atomic E-state index is 12.1. The van der Waals surface area contributed by atoms with Gasteiger partial charge in [0.25, 0.3) is 0 Å². The lowest BCUT2D eigenvalue weighted by molar-refractivity contribution is -0.137. The molecule has 0 aliphatic rings. The lowest BCUT2D eigenvalue weighted by Crippen LogP contribution is -2.25. The summed E-state index contributed by atoms with van der Waals surface area (Å²) in [5.41, 5.74) is 0.0257. The predicted molar refractivity (Wildman–Crippen MR) is 77.5 cm³/mol. The van der Waals surface area contributed by atoms with Crippen LogP contribution in [0, 0.1) is 11.3 Å². The van der Waals surface area contributed by atoms with E-state index in [9.17, 15) is 13.2 Å². The minimum Gasteiger partial charge on any atom is -0.481 e.